The number of hydrogen-bond donors (Lipinski definition) is 1. The third-order valence-electron chi connectivity index (χ3n) is 4.98. The quantitative estimate of drug-likeness (QED) is 0.705. The van der Waals surface area contributed by atoms with Crippen molar-refractivity contribution in [2.24, 2.45) is 11.3 Å². The van der Waals surface area contributed by atoms with Gasteiger partial charge in [-0.1, -0.05) is 34.1 Å². The first kappa shape index (κ1) is 20.0. The van der Waals surface area contributed by atoms with Crippen molar-refractivity contribution in [3.63, 3.8) is 0 Å². The van der Waals surface area contributed by atoms with Gasteiger partial charge in [0.25, 0.3) is 0 Å². The number of amides is 1. The molecule has 0 unspecified atom stereocenters. The Hall–Kier alpha value is -1.36. The van der Waals surface area contributed by atoms with E-state index < -0.39 is 0 Å². The topological polar surface area (TPSA) is 55.4 Å². The second-order valence-corrected chi connectivity index (χ2v) is 8.99. The number of fused-ring (bicyclic) bond motifs is 1. The zero-order chi connectivity index (χ0) is 18.6. The van der Waals surface area contributed by atoms with Crippen LogP contribution in [0.15, 0.2) is 0 Å². The van der Waals surface area contributed by atoms with Gasteiger partial charge in [-0.15, -0.1) is 11.3 Å². The van der Waals surface area contributed by atoms with E-state index in [9.17, 15) is 9.59 Å². The lowest BCUT2D eigenvalue weighted by atomic mass is 9.72. The summed E-state index contributed by atoms with van der Waals surface area (Å²) < 4.78 is 5.27. The molecule has 1 N–H and O–H groups in total. The minimum Gasteiger partial charge on any atom is -0.462 e. The average Bonchev–Trinajstić information content (AvgIpc) is 2.89. The van der Waals surface area contributed by atoms with E-state index in [0.717, 1.165) is 37.7 Å². The molecule has 0 fully saturated rings. The van der Waals surface area contributed by atoms with Crippen molar-refractivity contribution in [1.82, 2.24) is 0 Å². The van der Waals surface area contributed by atoms with Crippen LogP contribution in [0.1, 0.15) is 81.1 Å². The summed E-state index contributed by atoms with van der Waals surface area (Å²) in [5.74, 6) is 0.274. The Bertz CT molecular complexity index is 628. The second kappa shape index (κ2) is 8.35. The van der Waals surface area contributed by atoms with Crippen LogP contribution in [0.4, 0.5) is 5.00 Å². The molecule has 1 aromatic rings. The molecule has 0 spiro atoms. The van der Waals surface area contributed by atoms with E-state index in [1.165, 1.54) is 4.88 Å². The number of esters is 1. The molecule has 0 saturated heterocycles. The fourth-order valence-electron chi connectivity index (χ4n) is 3.36. The minimum absolute atomic E-state index is 0.0154. The molecule has 1 aromatic heterocycles. The van der Waals surface area contributed by atoms with E-state index in [-0.39, 0.29) is 17.3 Å². The normalized spacial score (nSPS) is 17.1. The van der Waals surface area contributed by atoms with Crippen LogP contribution in [0.2, 0.25) is 0 Å². The van der Waals surface area contributed by atoms with Crippen molar-refractivity contribution in [3.05, 3.63) is 16.0 Å². The molecule has 0 saturated carbocycles. The Morgan fingerprint density at radius 2 is 2.00 bits per heavy atom. The van der Waals surface area contributed by atoms with Crippen molar-refractivity contribution < 1.29 is 14.3 Å². The predicted molar refractivity (Wildman–Crippen MR) is 103 cm³/mol. The lowest BCUT2D eigenvalue weighted by Crippen LogP contribution is -2.26. The number of anilines is 1. The van der Waals surface area contributed by atoms with E-state index >= 15 is 0 Å². The molecule has 1 aliphatic rings. The smallest absolute Gasteiger partial charge is 0.341 e. The SMILES string of the molecule is CCCCC(=O)Nc1sc2c(c1C(=O)OCC)CC[C@@H](C(C)(C)C)C2. The molecule has 4 nitrogen and oxygen atoms in total. The average molecular weight is 366 g/mol. The maximum absolute atomic E-state index is 12.5. The largest absolute Gasteiger partial charge is 0.462 e. The first-order valence-electron chi connectivity index (χ1n) is 9.39. The van der Waals surface area contributed by atoms with E-state index in [1.54, 1.807) is 11.3 Å². The van der Waals surface area contributed by atoms with Crippen LogP contribution < -0.4 is 5.32 Å². The summed E-state index contributed by atoms with van der Waals surface area (Å²) in [6.45, 7) is 11.0. The van der Waals surface area contributed by atoms with Crippen LogP contribution in [0.3, 0.4) is 0 Å². The molecular weight excluding hydrogens is 334 g/mol. The monoisotopic (exact) mass is 365 g/mol. The molecular formula is C20H31NO3S. The predicted octanol–water partition coefficient (Wildman–Crippen LogP) is 5.20. The number of rotatable bonds is 6. The van der Waals surface area contributed by atoms with Gasteiger partial charge in [0, 0.05) is 11.3 Å². The second-order valence-electron chi connectivity index (χ2n) is 7.89. The molecule has 1 heterocycles. The molecule has 1 amide bonds. The van der Waals surface area contributed by atoms with E-state index in [2.05, 4.69) is 33.0 Å². The van der Waals surface area contributed by atoms with Gasteiger partial charge < -0.3 is 10.1 Å². The van der Waals surface area contributed by atoms with Gasteiger partial charge in [-0.3, -0.25) is 4.79 Å². The lowest BCUT2D eigenvalue weighted by Gasteiger charge is -2.33. The van der Waals surface area contributed by atoms with Crippen LogP contribution in [-0.2, 0) is 22.4 Å². The Kier molecular flexibility index (Phi) is 6.66. The number of thiophene rings is 1. The summed E-state index contributed by atoms with van der Waals surface area (Å²) in [5, 5.41) is 3.65. The zero-order valence-electron chi connectivity index (χ0n) is 16.2. The van der Waals surface area contributed by atoms with Crippen LogP contribution in [0.25, 0.3) is 0 Å². The number of nitrogens with one attached hydrogen (secondary N) is 1. The number of unbranched alkanes of at least 4 members (excludes halogenated alkanes) is 1. The lowest BCUT2D eigenvalue weighted by molar-refractivity contribution is -0.116. The highest BCUT2D eigenvalue weighted by Gasteiger charge is 2.34. The third-order valence-corrected chi connectivity index (χ3v) is 6.15. The number of hydrogen-bond acceptors (Lipinski definition) is 4. The van der Waals surface area contributed by atoms with Gasteiger partial charge in [-0.25, -0.2) is 4.79 Å². The van der Waals surface area contributed by atoms with Crippen molar-refractivity contribution >= 4 is 28.2 Å². The highest BCUT2D eigenvalue weighted by atomic mass is 32.1. The number of carbonyl (C=O) groups excluding carboxylic acids is 2. The van der Waals surface area contributed by atoms with Crippen LogP contribution in [-0.4, -0.2) is 18.5 Å². The Morgan fingerprint density at radius 1 is 1.28 bits per heavy atom. The van der Waals surface area contributed by atoms with Gasteiger partial charge in [0.05, 0.1) is 12.2 Å². The van der Waals surface area contributed by atoms with E-state index in [4.69, 9.17) is 4.74 Å². The van der Waals surface area contributed by atoms with Gasteiger partial charge in [0.15, 0.2) is 0 Å². The highest BCUT2D eigenvalue weighted by Crippen LogP contribution is 2.44. The van der Waals surface area contributed by atoms with E-state index in [0.29, 0.717) is 29.5 Å². The van der Waals surface area contributed by atoms with E-state index in [1.807, 2.05) is 6.92 Å². The van der Waals surface area contributed by atoms with Gasteiger partial charge in [0.2, 0.25) is 5.91 Å². The maximum atomic E-state index is 12.5. The zero-order valence-corrected chi connectivity index (χ0v) is 17.0. The van der Waals surface area contributed by atoms with Gasteiger partial charge >= 0.3 is 5.97 Å². The maximum Gasteiger partial charge on any atom is 0.341 e. The van der Waals surface area contributed by atoms with Gasteiger partial charge in [-0.05, 0) is 49.5 Å². The molecule has 5 heteroatoms. The first-order chi connectivity index (χ1) is 11.8. The fraction of sp³-hybridized carbons (Fsp3) is 0.700. The third kappa shape index (κ3) is 4.84. The van der Waals surface area contributed by atoms with Crippen LogP contribution in [0, 0.1) is 11.3 Å². The number of ether oxygens (including phenoxy) is 1. The fourth-order valence-corrected chi connectivity index (χ4v) is 4.69. The summed E-state index contributed by atoms with van der Waals surface area (Å²) in [4.78, 5) is 25.9. The molecule has 0 bridgehead atoms. The van der Waals surface area contributed by atoms with Crippen molar-refractivity contribution in [2.45, 2.75) is 73.1 Å². The van der Waals surface area contributed by atoms with Crippen molar-refractivity contribution in [2.75, 3.05) is 11.9 Å². The Balaban J connectivity index is 2.31. The molecule has 2 rings (SSSR count). The molecule has 0 aliphatic heterocycles. The Morgan fingerprint density at radius 3 is 2.60 bits per heavy atom. The molecule has 25 heavy (non-hydrogen) atoms. The summed E-state index contributed by atoms with van der Waals surface area (Å²) in [6.07, 6.45) is 5.26. The van der Waals surface area contributed by atoms with Crippen LogP contribution in [0.5, 0.6) is 0 Å². The molecule has 140 valence electrons. The van der Waals surface area contributed by atoms with Crippen molar-refractivity contribution in [3.8, 4) is 0 Å². The van der Waals surface area contributed by atoms with Crippen molar-refractivity contribution in [1.29, 1.82) is 0 Å². The number of carbonyl (C=O) groups is 2. The molecule has 0 radical (unpaired) electrons. The minimum atomic E-state index is -0.306. The van der Waals surface area contributed by atoms with Gasteiger partial charge in [-0.2, -0.15) is 0 Å². The van der Waals surface area contributed by atoms with Gasteiger partial charge in [0.1, 0.15) is 5.00 Å². The standard InChI is InChI=1S/C20H31NO3S/c1-6-8-9-16(22)21-18-17(19(23)24-7-2)14-11-10-13(20(3,4)5)12-15(14)25-18/h13H,6-12H2,1-5H3,(H,21,22)/t13-/m1/s1. The summed E-state index contributed by atoms with van der Waals surface area (Å²) in [5.41, 5.74) is 1.94. The highest BCUT2D eigenvalue weighted by molar-refractivity contribution is 7.17. The first-order valence-corrected chi connectivity index (χ1v) is 10.2. The van der Waals surface area contributed by atoms with Crippen LogP contribution >= 0.6 is 11.3 Å². The molecule has 0 aromatic carbocycles. The molecule has 1 atom stereocenters. The Labute approximate surface area is 155 Å². The summed E-state index contributed by atoms with van der Waals surface area (Å²) in [7, 11) is 0. The molecule has 1 aliphatic carbocycles. The summed E-state index contributed by atoms with van der Waals surface area (Å²) in [6, 6.07) is 0. The summed E-state index contributed by atoms with van der Waals surface area (Å²) >= 11 is 1.57.